The molecular formula is C12H16FNO. The summed E-state index contributed by atoms with van der Waals surface area (Å²) in [5.41, 5.74) is 0.255. The van der Waals surface area contributed by atoms with Crippen LogP contribution in [0.25, 0.3) is 0 Å². The Hall–Kier alpha value is -1.38. The van der Waals surface area contributed by atoms with Crippen LogP contribution in [0.4, 0.5) is 10.1 Å². The minimum Gasteiger partial charge on any atom is -0.323 e. The predicted molar refractivity (Wildman–Crippen MR) is 59.1 cm³/mol. The maximum Gasteiger partial charge on any atom is 0.227 e. The summed E-state index contributed by atoms with van der Waals surface area (Å²) in [6.07, 6.45) is 1.77. The van der Waals surface area contributed by atoms with Crippen LogP contribution in [0.2, 0.25) is 0 Å². The smallest absolute Gasteiger partial charge is 0.227 e. The molecule has 82 valence electrons. The van der Waals surface area contributed by atoms with Gasteiger partial charge >= 0.3 is 0 Å². The second-order valence-corrected chi connectivity index (χ2v) is 3.66. The number of hydrogen-bond acceptors (Lipinski definition) is 1. The Morgan fingerprint density at radius 3 is 2.73 bits per heavy atom. The maximum atomic E-state index is 13.2. The van der Waals surface area contributed by atoms with Crippen molar-refractivity contribution in [3.63, 3.8) is 0 Å². The highest BCUT2D eigenvalue weighted by Gasteiger charge is 2.13. The molecule has 0 aliphatic heterocycles. The average Bonchev–Trinajstić information content (AvgIpc) is 2.21. The summed E-state index contributed by atoms with van der Waals surface area (Å²) in [7, 11) is 0. The first-order valence-corrected chi connectivity index (χ1v) is 5.20. The van der Waals surface area contributed by atoms with Gasteiger partial charge in [-0.25, -0.2) is 4.39 Å². The van der Waals surface area contributed by atoms with Crippen molar-refractivity contribution in [3.05, 3.63) is 30.1 Å². The van der Waals surface area contributed by atoms with E-state index in [-0.39, 0.29) is 17.5 Å². The molecule has 2 nitrogen and oxygen atoms in total. The summed E-state index contributed by atoms with van der Waals surface area (Å²) in [6.45, 7) is 3.87. The van der Waals surface area contributed by atoms with E-state index in [4.69, 9.17) is 0 Å². The molecule has 0 saturated carbocycles. The largest absolute Gasteiger partial charge is 0.323 e. The summed E-state index contributed by atoms with van der Waals surface area (Å²) in [5.74, 6) is -0.592. The average molecular weight is 209 g/mol. The van der Waals surface area contributed by atoms with Gasteiger partial charge in [-0.15, -0.1) is 0 Å². The van der Waals surface area contributed by atoms with Gasteiger partial charge in [-0.1, -0.05) is 32.4 Å². The van der Waals surface area contributed by atoms with Gasteiger partial charge in [-0.05, 0) is 18.6 Å². The maximum absolute atomic E-state index is 13.2. The lowest BCUT2D eigenvalue weighted by molar-refractivity contribution is -0.119. The molecule has 1 unspecified atom stereocenters. The van der Waals surface area contributed by atoms with Gasteiger partial charge in [0.1, 0.15) is 5.82 Å². The molecule has 0 fully saturated rings. The predicted octanol–water partition coefficient (Wildman–Crippen LogP) is 3.20. The Balaban J connectivity index is 2.62. The van der Waals surface area contributed by atoms with Crippen LogP contribution in [-0.4, -0.2) is 5.91 Å². The first-order valence-electron chi connectivity index (χ1n) is 5.20. The SMILES string of the molecule is CCCC(C)C(=O)Nc1ccccc1F. The summed E-state index contributed by atoms with van der Waals surface area (Å²) in [5, 5.41) is 2.58. The van der Waals surface area contributed by atoms with E-state index in [0.29, 0.717) is 0 Å². The molecule has 15 heavy (non-hydrogen) atoms. The van der Waals surface area contributed by atoms with Gasteiger partial charge in [0, 0.05) is 5.92 Å². The van der Waals surface area contributed by atoms with E-state index < -0.39 is 5.82 Å². The monoisotopic (exact) mass is 209 g/mol. The minimum atomic E-state index is -0.394. The van der Waals surface area contributed by atoms with Gasteiger partial charge in [0.25, 0.3) is 0 Å². The molecule has 1 aromatic rings. The molecule has 0 aliphatic carbocycles. The van der Waals surface area contributed by atoms with Crippen molar-refractivity contribution >= 4 is 11.6 Å². The summed E-state index contributed by atoms with van der Waals surface area (Å²) >= 11 is 0. The Morgan fingerprint density at radius 2 is 2.13 bits per heavy atom. The highest BCUT2D eigenvalue weighted by atomic mass is 19.1. The standard InChI is InChI=1S/C12H16FNO/c1-3-6-9(2)12(15)14-11-8-5-4-7-10(11)13/h4-5,7-9H,3,6H2,1-2H3,(H,14,15). The Bertz CT molecular complexity index is 338. The normalized spacial score (nSPS) is 12.2. The fourth-order valence-electron chi connectivity index (χ4n) is 1.38. The number of benzene rings is 1. The number of carbonyl (C=O) groups is 1. The molecule has 1 N–H and O–H groups in total. The van der Waals surface area contributed by atoms with E-state index in [9.17, 15) is 9.18 Å². The zero-order chi connectivity index (χ0) is 11.3. The molecule has 3 heteroatoms. The van der Waals surface area contributed by atoms with Crippen LogP contribution in [0.5, 0.6) is 0 Å². The van der Waals surface area contributed by atoms with Gasteiger partial charge in [0.05, 0.1) is 5.69 Å². The Kier molecular flexibility index (Phi) is 4.28. The van der Waals surface area contributed by atoms with Gasteiger partial charge in [-0.2, -0.15) is 0 Å². The first kappa shape index (κ1) is 11.7. The third-order valence-electron chi connectivity index (χ3n) is 2.30. The first-order chi connectivity index (χ1) is 7.15. The van der Waals surface area contributed by atoms with E-state index in [1.807, 2.05) is 13.8 Å². The number of hydrogen-bond donors (Lipinski definition) is 1. The lowest BCUT2D eigenvalue weighted by Gasteiger charge is -2.11. The number of rotatable bonds is 4. The van der Waals surface area contributed by atoms with Gasteiger partial charge in [0.2, 0.25) is 5.91 Å². The summed E-state index contributed by atoms with van der Waals surface area (Å²) < 4.78 is 13.2. The zero-order valence-electron chi connectivity index (χ0n) is 9.09. The number of halogens is 1. The molecule has 1 aromatic carbocycles. The molecule has 0 aromatic heterocycles. The van der Waals surface area contributed by atoms with E-state index >= 15 is 0 Å². The molecule has 1 amide bonds. The highest BCUT2D eigenvalue weighted by Crippen LogP contribution is 2.15. The van der Waals surface area contributed by atoms with Crippen LogP contribution in [0.1, 0.15) is 26.7 Å². The number of amides is 1. The third-order valence-corrected chi connectivity index (χ3v) is 2.30. The molecule has 0 heterocycles. The van der Waals surface area contributed by atoms with Crippen molar-refractivity contribution in [1.82, 2.24) is 0 Å². The highest BCUT2D eigenvalue weighted by molar-refractivity contribution is 5.92. The summed E-state index contributed by atoms with van der Waals surface area (Å²) in [6, 6.07) is 6.19. The van der Waals surface area contributed by atoms with E-state index in [2.05, 4.69) is 5.32 Å². The second kappa shape index (κ2) is 5.49. The Labute approximate surface area is 89.5 Å². The van der Waals surface area contributed by atoms with Crippen molar-refractivity contribution in [2.45, 2.75) is 26.7 Å². The fraction of sp³-hybridized carbons (Fsp3) is 0.417. The number of para-hydroxylation sites is 1. The van der Waals surface area contributed by atoms with Crippen molar-refractivity contribution in [1.29, 1.82) is 0 Å². The Morgan fingerprint density at radius 1 is 1.47 bits per heavy atom. The van der Waals surface area contributed by atoms with Gasteiger partial charge in [-0.3, -0.25) is 4.79 Å². The number of anilines is 1. The van der Waals surface area contributed by atoms with Crippen LogP contribution >= 0.6 is 0 Å². The number of nitrogens with one attached hydrogen (secondary N) is 1. The quantitative estimate of drug-likeness (QED) is 0.810. The van der Waals surface area contributed by atoms with Crippen LogP contribution in [0.3, 0.4) is 0 Å². The van der Waals surface area contributed by atoms with Crippen LogP contribution < -0.4 is 5.32 Å². The molecule has 1 rings (SSSR count). The lowest BCUT2D eigenvalue weighted by atomic mass is 10.1. The van der Waals surface area contributed by atoms with Crippen molar-refractivity contribution in [3.8, 4) is 0 Å². The number of carbonyl (C=O) groups excluding carboxylic acids is 1. The van der Waals surface area contributed by atoms with Crippen molar-refractivity contribution < 1.29 is 9.18 Å². The van der Waals surface area contributed by atoms with Gasteiger partial charge in [0.15, 0.2) is 0 Å². The van der Waals surface area contributed by atoms with Crippen LogP contribution in [0.15, 0.2) is 24.3 Å². The molecule has 0 bridgehead atoms. The van der Waals surface area contributed by atoms with E-state index in [0.717, 1.165) is 12.8 Å². The lowest BCUT2D eigenvalue weighted by Crippen LogP contribution is -2.20. The summed E-state index contributed by atoms with van der Waals surface area (Å²) in [4.78, 5) is 11.6. The van der Waals surface area contributed by atoms with Crippen molar-refractivity contribution in [2.75, 3.05) is 5.32 Å². The third kappa shape index (κ3) is 3.35. The van der Waals surface area contributed by atoms with E-state index in [1.54, 1.807) is 18.2 Å². The fourth-order valence-corrected chi connectivity index (χ4v) is 1.38. The van der Waals surface area contributed by atoms with Crippen molar-refractivity contribution in [2.24, 2.45) is 5.92 Å². The minimum absolute atomic E-state index is 0.0744. The molecule has 0 saturated heterocycles. The van der Waals surface area contributed by atoms with Gasteiger partial charge < -0.3 is 5.32 Å². The molecule has 0 aliphatic rings. The van der Waals surface area contributed by atoms with Crippen LogP contribution in [0, 0.1) is 11.7 Å². The second-order valence-electron chi connectivity index (χ2n) is 3.66. The molecule has 1 atom stereocenters. The van der Waals surface area contributed by atoms with Crippen LogP contribution in [-0.2, 0) is 4.79 Å². The molecule has 0 radical (unpaired) electrons. The molecule has 0 spiro atoms. The topological polar surface area (TPSA) is 29.1 Å². The van der Waals surface area contributed by atoms with E-state index in [1.165, 1.54) is 6.07 Å². The molecular weight excluding hydrogens is 193 g/mol. The zero-order valence-corrected chi connectivity index (χ0v) is 9.09.